The zero-order chi connectivity index (χ0) is 8.10. The number of hydrogen-bond acceptors (Lipinski definition) is 3. The summed E-state index contributed by atoms with van der Waals surface area (Å²) in [4.78, 5) is 10.6. The number of urea groups is 1. The number of rotatable bonds is 1. The van der Waals surface area contributed by atoms with Gasteiger partial charge in [-0.25, -0.2) is 10.6 Å². The summed E-state index contributed by atoms with van der Waals surface area (Å²) < 4.78 is 0. The van der Waals surface area contributed by atoms with Crippen LogP contribution in [0.4, 0.5) is 10.5 Å². The number of anilines is 1. The van der Waals surface area contributed by atoms with Crippen LogP contribution in [0.25, 0.3) is 0 Å². The first-order valence-electron chi connectivity index (χ1n) is 3.15. The zero-order valence-corrected chi connectivity index (χ0v) is 6.58. The molecule has 0 saturated carbocycles. The van der Waals surface area contributed by atoms with E-state index in [0.717, 1.165) is 5.69 Å². The summed E-state index contributed by atoms with van der Waals surface area (Å²) in [6.07, 6.45) is 0. The second kappa shape index (κ2) is 5.11. The maximum absolute atomic E-state index is 10.6. The molecule has 5 heteroatoms. The molecule has 0 aliphatic carbocycles. The molecule has 0 saturated heterocycles. The zero-order valence-electron chi connectivity index (χ0n) is 6.58. The topological polar surface area (TPSA) is 102 Å². The molecule has 1 aromatic carbocycles. The van der Waals surface area contributed by atoms with Gasteiger partial charge in [0.25, 0.3) is 0 Å². The molecule has 0 radical (unpaired) electrons. The number of hydrazine groups is 1. The van der Waals surface area contributed by atoms with Crippen LogP contribution in [0.1, 0.15) is 0 Å². The van der Waals surface area contributed by atoms with Crippen LogP contribution >= 0.6 is 0 Å². The van der Waals surface area contributed by atoms with E-state index in [9.17, 15) is 4.79 Å². The number of para-hydroxylation sites is 1. The maximum atomic E-state index is 10.6. The van der Waals surface area contributed by atoms with Crippen LogP contribution in [0, 0.1) is 0 Å². The minimum atomic E-state index is -0.420. The molecule has 0 fully saturated rings. The van der Waals surface area contributed by atoms with Crippen molar-refractivity contribution >= 4 is 11.7 Å². The molecule has 0 unspecified atom stereocenters. The molecule has 12 heavy (non-hydrogen) atoms. The fourth-order valence-corrected chi connectivity index (χ4v) is 0.689. The van der Waals surface area contributed by atoms with Gasteiger partial charge in [0.1, 0.15) is 0 Å². The van der Waals surface area contributed by atoms with Crippen LogP contribution in [0.2, 0.25) is 0 Å². The fourth-order valence-electron chi connectivity index (χ4n) is 0.689. The largest absolute Gasteiger partial charge is 0.344 e. The van der Waals surface area contributed by atoms with Crippen LogP contribution < -0.4 is 22.7 Å². The first-order chi connectivity index (χ1) is 5.33. The van der Waals surface area contributed by atoms with E-state index < -0.39 is 6.03 Å². The van der Waals surface area contributed by atoms with Crippen molar-refractivity contribution in [1.29, 1.82) is 0 Å². The summed E-state index contributed by atoms with van der Waals surface area (Å²) in [6.45, 7) is 0. The third-order valence-electron chi connectivity index (χ3n) is 1.16. The smallest absolute Gasteiger partial charge is 0.333 e. The van der Waals surface area contributed by atoms with Crippen LogP contribution in [-0.4, -0.2) is 6.03 Å². The highest BCUT2D eigenvalue weighted by molar-refractivity contribution is 5.88. The van der Waals surface area contributed by atoms with Crippen molar-refractivity contribution in [3.63, 3.8) is 0 Å². The van der Waals surface area contributed by atoms with Gasteiger partial charge in [-0.1, -0.05) is 18.2 Å². The lowest BCUT2D eigenvalue weighted by Crippen LogP contribution is -2.34. The molecule has 0 aliphatic heterocycles. The van der Waals surface area contributed by atoms with E-state index >= 15 is 0 Å². The van der Waals surface area contributed by atoms with Gasteiger partial charge in [0, 0.05) is 5.69 Å². The second-order valence-corrected chi connectivity index (χ2v) is 1.96. The third kappa shape index (κ3) is 3.00. The number of nitrogens with two attached hydrogens (primary N) is 1. The van der Waals surface area contributed by atoms with E-state index in [4.69, 9.17) is 5.84 Å². The minimum absolute atomic E-state index is 0. The Hall–Kier alpha value is -1.59. The standard InChI is InChI=1S/C7H9N3O.H3N/c8-10-7(11)9-6-4-2-1-3-5-6;/h1-5H,8H2,(H2,9,10,11);1H3. The van der Waals surface area contributed by atoms with Gasteiger partial charge in [-0.15, -0.1) is 0 Å². The summed E-state index contributed by atoms with van der Waals surface area (Å²) in [5.41, 5.74) is 2.68. The van der Waals surface area contributed by atoms with Gasteiger partial charge in [-0.3, -0.25) is 5.43 Å². The van der Waals surface area contributed by atoms with Gasteiger partial charge in [-0.05, 0) is 12.1 Å². The van der Waals surface area contributed by atoms with Gasteiger partial charge in [-0.2, -0.15) is 0 Å². The van der Waals surface area contributed by atoms with Gasteiger partial charge in [0.2, 0.25) is 0 Å². The van der Waals surface area contributed by atoms with Crippen molar-refractivity contribution < 1.29 is 4.79 Å². The first kappa shape index (κ1) is 10.4. The van der Waals surface area contributed by atoms with E-state index in [-0.39, 0.29) is 6.15 Å². The Labute approximate surface area is 70.5 Å². The molecule has 0 atom stereocenters. The van der Waals surface area contributed by atoms with E-state index in [1.165, 1.54) is 0 Å². The highest BCUT2D eigenvalue weighted by Gasteiger charge is 1.94. The van der Waals surface area contributed by atoms with Crippen molar-refractivity contribution in [2.75, 3.05) is 5.32 Å². The van der Waals surface area contributed by atoms with Gasteiger partial charge in [0.15, 0.2) is 0 Å². The number of hydrogen-bond donors (Lipinski definition) is 4. The Kier molecular flexibility index (Phi) is 4.43. The highest BCUT2D eigenvalue weighted by atomic mass is 16.2. The molecule has 1 aromatic rings. The lowest BCUT2D eigenvalue weighted by molar-refractivity contribution is 0.252. The van der Waals surface area contributed by atoms with E-state index in [0.29, 0.717) is 0 Å². The Morgan fingerprint density at radius 3 is 2.33 bits per heavy atom. The maximum Gasteiger partial charge on any atom is 0.333 e. The van der Waals surface area contributed by atoms with Crippen molar-refractivity contribution in [2.24, 2.45) is 5.84 Å². The molecule has 5 nitrogen and oxygen atoms in total. The van der Waals surface area contributed by atoms with Crippen LogP contribution in [0.3, 0.4) is 0 Å². The van der Waals surface area contributed by atoms with E-state index in [2.05, 4.69) is 5.32 Å². The summed E-state index contributed by atoms with van der Waals surface area (Å²) in [5.74, 6) is 4.86. The lowest BCUT2D eigenvalue weighted by Gasteiger charge is -2.01. The summed E-state index contributed by atoms with van der Waals surface area (Å²) in [6, 6.07) is 8.64. The molecular weight excluding hydrogens is 156 g/mol. The number of carbonyl (C=O) groups is 1. The van der Waals surface area contributed by atoms with Gasteiger partial charge >= 0.3 is 6.03 Å². The summed E-state index contributed by atoms with van der Waals surface area (Å²) in [5, 5.41) is 2.52. The van der Waals surface area contributed by atoms with Crippen LogP contribution in [-0.2, 0) is 0 Å². The Morgan fingerprint density at radius 1 is 1.25 bits per heavy atom. The number of nitrogens with one attached hydrogen (secondary N) is 2. The monoisotopic (exact) mass is 168 g/mol. The first-order valence-corrected chi connectivity index (χ1v) is 3.15. The lowest BCUT2D eigenvalue weighted by atomic mass is 10.3. The third-order valence-corrected chi connectivity index (χ3v) is 1.16. The molecule has 0 bridgehead atoms. The van der Waals surface area contributed by atoms with Crippen molar-refractivity contribution in [1.82, 2.24) is 11.6 Å². The predicted molar refractivity (Wildman–Crippen MR) is 47.8 cm³/mol. The van der Waals surface area contributed by atoms with Crippen LogP contribution in [0.15, 0.2) is 30.3 Å². The molecule has 1 rings (SSSR count). The molecule has 7 N–H and O–H groups in total. The predicted octanol–water partition coefficient (Wildman–Crippen LogP) is 0.844. The van der Waals surface area contributed by atoms with Gasteiger partial charge in [0.05, 0.1) is 0 Å². The molecular formula is C7H12N4O. The highest BCUT2D eigenvalue weighted by Crippen LogP contribution is 2.03. The number of amides is 2. The number of benzene rings is 1. The minimum Gasteiger partial charge on any atom is -0.344 e. The Bertz CT molecular complexity index is 236. The molecule has 2 amide bonds. The molecule has 0 aromatic heterocycles. The van der Waals surface area contributed by atoms with Crippen molar-refractivity contribution in [3.8, 4) is 0 Å². The normalized spacial score (nSPS) is 8.08. The Morgan fingerprint density at radius 2 is 1.83 bits per heavy atom. The average molecular weight is 168 g/mol. The van der Waals surface area contributed by atoms with E-state index in [1.54, 1.807) is 12.1 Å². The number of carbonyl (C=O) groups excluding carboxylic acids is 1. The SMILES string of the molecule is N.NNC(=O)Nc1ccccc1. The van der Waals surface area contributed by atoms with Crippen molar-refractivity contribution in [3.05, 3.63) is 30.3 Å². The van der Waals surface area contributed by atoms with Crippen LogP contribution in [0.5, 0.6) is 0 Å². The van der Waals surface area contributed by atoms with Gasteiger partial charge < -0.3 is 11.5 Å². The quantitative estimate of drug-likeness (QED) is 0.284. The molecule has 0 aliphatic rings. The second-order valence-electron chi connectivity index (χ2n) is 1.96. The fraction of sp³-hybridized carbons (Fsp3) is 0. The Balaban J connectivity index is 0.00000121. The average Bonchev–Trinajstić information content (AvgIpc) is 2.06. The molecule has 0 heterocycles. The summed E-state index contributed by atoms with van der Waals surface area (Å²) in [7, 11) is 0. The molecule has 0 spiro atoms. The molecule has 66 valence electrons. The van der Waals surface area contributed by atoms with Crippen molar-refractivity contribution in [2.45, 2.75) is 0 Å². The van der Waals surface area contributed by atoms with E-state index in [1.807, 2.05) is 23.6 Å². The summed E-state index contributed by atoms with van der Waals surface area (Å²) >= 11 is 0.